The molecule has 29 nitrogen and oxygen atoms in total. The van der Waals surface area contributed by atoms with Crippen LogP contribution in [0.15, 0.2) is 100 Å². The quantitative estimate of drug-likeness (QED) is 0.0114. The van der Waals surface area contributed by atoms with Gasteiger partial charge >= 0.3 is 23.9 Å². The fraction of sp³-hybridized carbons (Fsp3) is 0.352. The summed E-state index contributed by atoms with van der Waals surface area (Å²) >= 11 is 0. The summed E-state index contributed by atoms with van der Waals surface area (Å²) in [6, 6.07) is 15.5. The number of phenolic OH excluding ortho intramolecular Hbond substituents is 5. The third-order valence-corrected chi connectivity index (χ3v) is 13.0. The van der Waals surface area contributed by atoms with Gasteiger partial charge in [0, 0.05) is 23.8 Å². The van der Waals surface area contributed by atoms with Crippen LogP contribution in [-0.4, -0.2) is 212 Å². The van der Waals surface area contributed by atoms with Crippen LogP contribution in [0.3, 0.4) is 0 Å². The Labute approximate surface area is 466 Å². The molecule has 0 bridgehead atoms. The second-order valence-corrected chi connectivity index (χ2v) is 18.9. The summed E-state index contributed by atoms with van der Waals surface area (Å²) in [5, 5.41) is 147. The number of hydrogen-bond donors (Lipinski definition) is 14. The van der Waals surface area contributed by atoms with E-state index < -0.39 is 182 Å². The second kappa shape index (κ2) is 26.2. The first-order chi connectivity index (χ1) is 39.4. The molecule has 3 aromatic carbocycles. The normalized spacial score (nSPS) is 28.2. The third kappa shape index (κ3) is 14.6. The zero-order valence-electron chi connectivity index (χ0n) is 42.7. The second-order valence-electron chi connectivity index (χ2n) is 18.9. The lowest BCUT2D eigenvalue weighted by atomic mass is 9.97. The molecule has 0 saturated carbocycles. The molecule has 4 heterocycles. The number of aromatic hydroxyl groups is 5. The summed E-state index contributed by atoms with van der Waals surface area (Å²) in [5.41, 5.74) is -0.326. The largest absolute Gasteiger partial charge is 0.510 e. The summed E-state index contributed by atoms with van der Waals surface area (Å²) in [7, 11) is 0. The van der Waals surface area contributed by atoms with Gasteiger partial charge in [0.25, 0.3) is 0 Å². The minimum atomic E-state index is -2.19. The molecule has 3 fully saturated rings. The van der Waals surface area contributed by atoms with Crippen molar-refractivity contribution in [1.29, 1.82) is 0 Å². The van der Waals surface area contributed by atoms with E-state index in [4.69, 9.17) is 52.2 Å². The highest BCUT2D eigenvalue weighted by Crippen LogP contribution is 2.44. The van der Waals surface area contributed by atoms with Crippen LogP contribution < -0.4 is 14.9 Å². The van der Waals surface area contributed by atoms with Gasteiger partial charge in [-0.25, -0.2) is 4.79 Å². The van der Waals surface area contributed by atoms with Gasteiger partial charge in [-0.2, -0.15) is 0 Å². The van der Waals surface area contributed by atoms with Crippen LogP contribution in [0, 0.1) is 0 Å². The van der Waals surface area contributed by atoms with Crippen molar-refractivity contribution in [3.63, 3.8) is 0 Å². The highest BCUT2D eigenvalue weighted by Gasteiger charge is 2.53. The predicted molar refractivity (Wildman–Crippen MR) is 274 cm³/mol. The van der Waals surface area contributed by atoms with Crippen molar-refractivity contribution < 1.29 is 138 Å². The van der Waals surface area contributed by atoms with E-state index in [2.05, 4.69) is 0 Å². The molecular formula is C54H55O29+. The zero-order valence-corrected chi connectivity index (χ0v) is 42.7. The highest BCUT2D eigenvalue weighted by atomic mass is 16.8. The van der Waals surface area contributed by atoms with Crippen molar-refractivity contribution in [2.75, 3.05) is 19.8 Å². The van der Waals surface area contributed by atoms with Crippen molar-refractivity contribution in [3.05, 3.63) is 112 Å². The lowest BCUT2D eigenvalue weighted by Gasteiger charge is -2.45. The number of carboxylic acid groups (broad SMARTS) is 1. The highest BCUT2D eigenvalue weighted by molar-refractivity contribution is 5.90. The molecule has 444 valence electrons. The fourth-order valence-electron chi connectivity index (χ4n) is 8.56. The number of carbonyl (C=O) groups excluding carboxylic acids is 3. The van der Waals surface area contributed by atoms with Crippen LogP contribution >= 0.6 is 0 Å². The van der Waals surface area contributed by atoms with Crippen LogP contribution in [-0.2, 0) is 47.5 Å². The van der Waals surface area contributed by atoms with Gasteiger partial charge in [-0.05, 0) is 77.9 Å². The average Bonchev–Trinajstić information content (AvgIpc) is 2.87. The van der Waals surface area contributed by atoms with Crippen molar-refractivity contribution in [2.24, 2.45) is 0 Å². The molecular weight excluding hydrogens is 1110 g/mol. The number of aliphatic carboxylic acids is 1. The summed E-state index contributed by atoms with van der Waals surface area (Å²) < 4.78 is 57.7. The van der Waals surface area contributed by atoms with E-state index in [1.54, 1.807) is 0 Å². The van der Waals surface area contributed by atoms with Crippen LogP contribution in [0.2, 0.25) is 0 Å². The number of aliphatic hydroxyl groups excluding tert-OH is 8. The van der Waals surface area contributed by atoms with Crippen molar-refractivity contribution >= 4 is 36.0 Å². The lowest BCUT2D eigenvalue weighted by Crippen LogP contribution is -2.65. The molecule has 15 N–H and O–H groups in total. The summed E-state index contributed by atoms with van der Waals surface area (Å²) in [5.74, 6) is -8.11. The number of hydrogen-bond acceptors (Lipinski definition) is 27. The summed E-state index contributed by atoms with van der Waals surface area (Å²) in [6.07, 6.45) is -26.4. The standard InChI is InChI=1S/C54H54O29/c55-25-7-5-24(6-8-25)50-34(17-27-32(77-50)15-26(56)16-33(27)78-52-48(72)45(69)43(67)36(80-52)21-76-41(65)18-38(61)62)79-54-51(47(71)44(68)37(82-54)20-75-40(64)12-4-23-2-10-29(58)31(60)14-23)83-53-49(73)46(70)42(66)35(81-53)19-74-39(63)11-3-22-1-9-28(57)30(59)13-22/h1-17,35-37,42-49,51-55,57-60,66-73H,18-21H2,(H,61,62)/p+1/t35-,36-,37-,42-,43-,44-,45+,46+,47+,48-,49-,51-,52-,53+,54-/m1/s1. The predicted octanol–water partition coefficient (Wildman–Crippen LogP) is -1.35. The molecule has 5 aliphatic rings. The number of rotatable bonds is 19. The molecule has 29 heteroatoms. The molecule has 4 aliphatic heterocycles. The topological polar surface area (TPSA) is 469 Å². The maximum Gasteiger partial charge on any atom is 0.510 e. The summed E-state index contributed by atoms with van der Waals surface area (Å²) in [6.45, 7) is -2.44. The van der Waals surface area contributed by atoms with Crippen molar-refractivity contribution in [2.45, 2.75) is 98.5 Å². The van der Waals surface area contributed by atoms with Gasteiger partial charge in [0.2, 0.25) is 19.2 Å². The Morgan fingerprint density at radius 3 is 1.67 bits per heavy atom. The molecule has 3 saturated heterocycles. The number of carbonyl (C=O) groups is 3. The molecule has 0 aromatic heterocycles. The zero-order chi connectivity index (χ0) is 60.0. The molecule has 0 amide bonds. The van der Waals surface area contributed by atoms with E-state index in [0.717, 1.165) is 48.6 Å². The molecule has 0 spiro atoms. The molecule has 1 aliphatic carbocycles. The van der Waals surface area contributed by atoms with Crippen LogP contribution in [0.25, 0.3) is 34.8 Å². The van der Waals surface area contributed by atoms with E-state index >= 15 is 0 Å². The van der Waals surface area contributed by atoms with Crippen LogP contribution in [0.1, 0.15) is 17.5 Å². The van der Waals surface area contributed by atoms with Gasteiger partial charge in [-0.15, -0.1) is 0 Å². The maximum absolute atomic E-state index is 13.3. The Morgan fingerprint density at radius 1 is 0.542 bits per heavy atom. The van der Waals surface area contributed by atoms with E-state index in [-0.39, 0.29) is 34.0 Å². The minimum Gasteiger partial charge on any atom is -0.508 e. The van der Waals surface area contributed by atoms with Crippen LogP contribution in [0.5, 0.6) is 40.2 Å². The van der Waals surface area contributed by atoms with E-state index in [9.17, 15) is 90.4 Å². The smallest absolute Gasteiger partial charge is 0.508 e. The van der Waals surface area contributed by atoms with Gasteiger partial charge < -0.3 is 123 Å². The summed E-state index contributed by atoms with van der Waals surface area (Å²) in [4.78, 5) is 59.8. The Kier molecular flexibility index (Phi) is 19.2. The molecule has 83 heavy (non-hydrogen) atoms. The lowest BCUT2D eigenvalue weighted by molar-refractivity contribution is -0.357. The Bertz CT molecular complexity index is 3210. The fourth-order valence-corrected chi connectivity index (χ4v) is 8.56. The first-order valence-corrected chi connectivity index (χ1v) is 24.9. The number of fused-ring (bicyclic) bond motifs is 1. The Balaban J connectivity index is 1.12. The maximum atomic E-state index is 13.3. The van der Waals surface area contributed by atoms with E-state index in [1.165, 1.54) is 54.6 Å². The number of phenols is 5. The third-order valence-electron chi connectivity index (χ3n) is 13.0. The number of esters is 3. The molecule has 0 unspecified atom stereocenters. The number of ether oxygens (including phenoxy) is 9. The average molecular weight is 1170 g/mol. The SMILES string of the molecule is O=C(O)CC(=O)OC[C@H]1O[C@@H](Oc2cc(=O)cc3oc(-c4ccc(O)cc4)c(O[C@@H]4O[C@H](COC(=O)C=Cc5ccc(O)c(O)c5)[C@@H](O)[C@H](O)[C@H]4O[C@@H]4O[C@H](COC(=[OH+])C=Cc5ccc(O)c(O)c5)[C@@H](O)[C@H](O)[C@H]4O)cc2-3)[C@H](O)[C@@H](O)[C@@H]1O. The van der Waals surface area contributed by atoms with Crippen molar-refractivity contribution in [1.82, 2.24) is 0 Å². The Morgan fingerprint density at radius 2 is 1.07 bits per heavy atom. The van der Waals surface area contributed by atoms with E-state index in [0.29, 0.717) is 5.56 Å². The molecule has 15 atom stereocenters. The monoisotopic (exact) mass is 1170 g/mol. The molecule has 0 radical (unpaired) electrons. The Hall–Kier alpha value is -8.43. The van der Waals surface area contributed by atoms with Gasteiger partial charge in [0.05, 0.1) is 11.6 Å². The molecule has 8 rings (SSSR count). The van der Waals surface area contributed by atoms with E-state index in [1.807, 2.05) is 0 Å². The van der Waals surface area contributed by atoms with Gasteiger partial charge in [0.15, 0.2) is 52.3 Å². The van der Waals surface area contributed by atoms with Gasteiger partial charge in [-0.3, -0.25) is 14.4 Å². The number of aliphatic hydroxyl groups is 8. The molecule has 3 aromatic rings. The minimum absolute atomic E-state index is 0.108. The number of benzene rings is 4. The first-order valence-electron chi connectivity index (χ1n) is 24.9. The van der Waals surface area contributed by atoms with Crippen molar-refractivity contribution in [3.8, 4) is 62.9 Å². The van der Waals surface area contributed by atoms with Gasteiger partial charge in [0.1, 0.15) is 104 Å². The van der Waals surface area contributed by atoms with Crippen LogP contribution in [0.4, 0.5) is 0 Å². The van der Waals surface area contributed by atoms with Gasteiger partial charge in [-0.1, -0.05) is 12.1 Å². The first kappa shape index (κ1) is 60.7. The number of carboxylic acids is 1.